The van der Waals surface area contributed by atoms with Gasteiger partial charge in [-0.1, -0.05) is 80.5 Å². The Morgan fingerprint density at radius 2 is 1.79 bits per heavy atom. The van der Waals surface area contributed by atoms with E-state index >= 15 is 0 Å². The van der Waals surface area contributed by atoms with Gasteiger partial charge in [0, 0.05) is 5.41 Å². The van der Waals surface area contributed by atoms with Gasteiger partial charge >= 0.3 is 0 Å². The molecule has 19 heavy (non-hydrogen) atoms. The average molecular weight is 252 g/mol. The Kier molecular flexibility index (Phi) is 4.79. The lowest BCUT2D eigenvalue weighted by atomic mass is 9.64. The molecular weight excluding hydrogens is 228 g/mol. The smallest absolute Gasteiger partial charge is 0.0199 e. The zero-order chi connectivity index (χ0) is 13.6. The van der Waals surface area contributed by atoms with Gasteiger partial charge in [0.1, 0.15) is 0 Å². The van der Waals surface area contributed by atoms with Crippen molar-refractivity contribution in [1.29, 1.82) is 0 Å². The standard InChI is InChI=1S/C19H24/c1-3-5-12-17(4-2)19(15-10-7-11-16-19)18-13-8-6-9-14-18/h3-6,8-9,12-14H,1,7,10-11,15-16H2,2H3/b12-5-,17-4+. The van der Waals surface area contributed by atoms with Gasteiger partial charge in [-0.15, -0.1) is 0 Å². The minimum Gasteiger partial charge on any atom is -0.0991 e. The summed E-state index contributed by atoms with van der Waals surface area (Å²) in [6.45, 7) is 5.95. The molecule has 0 nitrogen and oxygen atoms in total. The molecule has 100 valence electrons. The fourth-order valence-electron chi connectivity index (χ4n) is 3.36. The highest BCUT2D eigenvalue weighted by molar-refractivity contribution is 5.42. The van der Waals surface area contributed by atoms with Gasteiger partial charge < -0.3 is 0 Å². The van der Waals surface area contributed by atoms with E-state index in [4.69, 9.17) is 0 Å². The molecule has 1 saturated carbocycles. The second kappa shape index (κ2) is 6.56. The van der Waals surface area contributed by atoms with E-state index in [-0.39, 0.29) is 5.41 Å². The van der Waals surface area contributed by atoms with E-state index in [1.807, 2.05) is 6.08 Å². The molecule has 0 atom stereocenters. The second-order valence-corrected chi connectivity index (χ2v) is 5.35. The SMILES string of the molecule is C=C/C=C\C(=C/C)C1(c2ccccc2)CCCCC1. The van der Waals surface area contributed by atoms with Crippen LogP contribution in [0.25, 0.3) is 0 Å². The lowest BCUT2D eigenvalue weighted by Crippen LogP contribution is -2.30. The summed E-state index contributed by atoms with van der Waals surface area (Å²) >= 11 is 0. The zero-order valence-electron chi connectivity index (χ0n) is 11.9. The first-order valence-corrected chi connectivity index (χ1v) is 7.35. The van der Waals surface area contributed by atoms with Gasteiger partial charge in [0.05, 0.1) is 0 Å². The van der Waals surface area contributed by atoms with E-state index < -0.39 is 0 Å². The largest absolute Gasteiger partial charge is 0.0991 e. The molecule has 1 aromatic rings. The molecule has 0 amide bonds. The average Bonchev–Trinajstić information content (AvgIpc) is 2.50. The van der Waals surface area contributed by atoms with E-state index in [0.717, 1.165) is 0 Å². The van der Waals surface area contributed by atoms with Gasteiger partial charge in [-0.05, 0) is 30.9 Å². The fraction of sp³-hybridized carbons (Fsp3) is 0.368. The van der Waals surface area contributed by atoms with Crippen molar-refractivity contribution < 1.29 is 0 Å². The van der Waals surface area contributed by atoms with Gasteiger partial charge in [0.2, 0.25) is 0 Å². The fourth-order valence-corrected chi connectivity index (χ4v) is 3.36. The molecule has 2 rings (SSSR count). The summed E-state index contributed by atoms with van der Waals surface area (Å²) in [6, 6.07) is 11.0. The normalized spacial score (nSPS) is 19.5. The van der Waals surface area contributed by atoms with Crippen LogP contribution in [-0.4, -0.2) is 0 Å². The van der Waals surface area contributed by atoms with E-state index in [0.29, 0.717) is 0 Å². The Labute approximate surface area is 117 Å². The van der Waals surface area contributed by atoms with Crippen molar-refractivity contribution in [3.63, 3.8) is 0 Å². The summed E-state index contributed by atoms with van der Waals surface area (Å²) in [5.41, 5.74) is 3.13. The topological polar surface area (TPSA) is 0 Å². The highest BCUT2D eigenvalue weighted by Crippen LogP contribution is 2.45. The van der Waals surface area contributed by atoms with E-state index in [9.17, 15) is 0 Å². The summed E-state index contributed by atoms with van der Waals surface area (Å²) in [6.07, 6.45) is 15.0. The molecule has 0 bridgehead atoms. The summed E-state index contributed by atoms with van der Waals surface area (Å²) < 4.78 is 0. The minimum absolute atomic E-state index is 0.216. The predicted molar refractivity (Wildman–Crippen MR) is 84.3 cm³/mol. The molecule has 0 unspecified atom stereocenters. The Morgan fingerprint density at radius 3 is 2.37 bits per heavy atom. The van der Waals surface area contributed by atoms with Crippen molar-refractivity contribution in [3.8, 4) is 0 Å². The molecule has 1 aliphatic carbocycles. The predicted octanol–water partition coefficient (Wildman–Crippen LogP) is 5.58. The summed E-state index contributed by atoms with van der Waals surface area (Å²) in [4.78, 5) is 0. The second-order valence-electron chi connectivity index (χ2n) is 5.35. The number of hydrogen-bond donors (Lipinski definition) is 0. The van der Waals surface area contributed by atoms with Gasteiger partial charge in [-0.2, -0.15) is 0 Å². The van der Waals surface area contributed by atoms with Crippen LogP contribution in [0.1, 0.15) is 44.6 Å². The summed E-state index contributed by atoms with van der Waals surface area (Å²) in [5.74, 6) is 0. The molecule has 0 radical (unpaired) electrons. The molecule has 1 fully saturated rings. The van der Waals surface area contributed by atoms with Gasteiger partial charge in [-0.3, -0.25) is 0 Å². The molecule has 0 spiro atoms. The Hall–Kier alpha value is -1.56. The number of allylic oxidation sites excluding steroid dienone is 5. The number of benzene rings is 1. The maximum atomic E-state index is 3.79. The van der Waals surface area contributed by atoms with Crippen LogP contribution < -0.4 is 0 Å². The van der Waals surface area contributed by atoms with Gasteiger partial charge in [-0.25, -0.2) is 0 Å². The third kappa shape index (κ3) is 2.89. The van der Waals surface area contributed by atoms with Crippen LogP contribution in [0.4, 0.5) is 0 Å². The lowest BCUT2D eigenvalue weighted by molar-refractivity contribution is 0.345. The third-order valence-corrected chi connectivity index (χ3v) is 4.31. The van der Waals surface area contributed by atoms with Crippen molar-refractivity contribution in [3.05, 3.63) is 72.4 Å². The maximum Gasteiger partial charge on any atom is 0.0199 e. The van der Waals surface area contributed by atoms with Crippen LogP contribution in [0.5, 0.6) is 0 Å². The molecule has 1 aliphatic rings. The number of rotatable bonds is 4. The molecule has 0 heteroatoms. The van der Waals surface area contributed by atoms with Gasteiger partial charge in [0.25, 0.3) is 0 Å². The van der Waals surface area contributed by atoms with Crippen molar-refractivity contribution in [2.24, 2.45) is 0 Å². The Morgan fingerprint density at radius 1 is 1.11 bits per heavy atom. The molecule has 1 aromatic carbocycles. The monoisotopic (exact) mass is 252 g/mol. The minimum atomic E-state index is 0.216. The van der Waals surface area contributed by atoms with Crippen LogP contribution in [-0.2, 0) is 5.41 Å². The first kappa shape index (κ1) is 13.9. The first-order valence-electron chi connectivity index (χ1n) is 7.35. The van der Waals surface area contributed by atoms with Crippen LogP contribution in [0.2, 0.25) is 0 Å². The number of hydrogen-bond acceptors (Lipinski definition) is 0. The highest BCUT2D eigenvalue weighted by atomic mass is 14.4. The van der Waals surface area contributed by atoms with E-state index in [1.165, 1.54) is 43.2 Å². The van der Waals surface area contributed by atoms with E-state index in [1.54, 1.807) is 0 Å². The van der Waals surface area contributed by atoms with Crippen LogP contribution in [0, 0.1) is 0 Å². The van der Waals surface area contributed by atoms with Crippen molar-refractivity contribution >= 4 is 0 Å². The van der Waals surface area contributed by atoms with Crippen molar-refractivity contribution in [2.45, 2.75) is 44.4 Å². The highest BCUT2D eigenvalue weighted by Gasteiger charge is 2.35. The molecular formula is C19H24. The molecule has 0 heterocycles. The molecule has 0 aliphatic heterocycles. The zero-order valence-corrected chi connectivity index (χ0v) is 11.9. The van der Waals surface area contributed by atoms with Crippen molar-refractivity contribution in [2.75, 3.05) is 0 Å². The van der Waals surface area contributed by atoms with Crippen molar-refractivity contribution in [1.82, 2.24) is 0 Å². The summed E-state index contributed by atoms with van der Waals surface area (Å²) in [5, 5.41) is 0. The molecule has 0 N–H and O–H groups in total. The van der Waals surface area contributed by atoms with Gasteiger partial charge in [0.15, 0.2) is 0 Å². The first-order chi connectivity index (χ1) is 9.33. The maximum absolute atomic E-state index is 3.79. The lowest BCUT2D eigenvalue weighted by Gasteiger charge is -2.39. The Balaban J connectivity index is 2.45. The van der Waals surface area contributed by atoms with Crippen LogP contribution in [0.15, 0.2) is 66.8 Å². The van der Waals surface area contributed by atoms with E-state index in [2.05, 4.69) is 62.1 Å². The Bertz CT molecular complexity index is 456. The quantitative estimate of drug-likeness (QED) is 0.614. The van der Waals surface area contributed by atoms with Crippen LogP contribution in [0.3, 0.4) is 0 Å². The van der Waals surface area contributed by atoms with Crippen LogP contribution >= 0.6 is 0 Å². The molecule has 0 saturated heterocycles. The third-order valence-electron chi connectivity index (χ3n) is 4.31. The molecule has 0 aromatic heterocycles. The summed E-state index contributed by atoms with van der Waals surface area (Å²) in [7, 11) is 0.